The quantitative estimate of drug-likeness (QED) is 0.464. The van der Waals surface area contributed by atoms with Crippen LogP contribution in [0.15, 0.2) is 34.2 Å². The SMILES string of the molecule is COC(=O)c1ccc(NC(=O)[C@@H](C)Sc2nc3c(c(=O)[nH]2)CCCC3)cc1. The number of thioether (sulfide) groups is 1. The molecule has 27 heavy (non-hydrogen) atoms. The number of aryl methyl sites for hydroxylation is 1. The molecule has 0 saturated carbocycles. The molecule has 1 aromatic carbocycles. The molecule has 1 aliphatic rings. The summed E-state index contributed by atoms with van der Waals surface area (Å²) in [4.78, 5) is 43.3. The van der Waals surface area contributed by atoms with E-state index in [1.807, 2.05) is 0 Å². The minimum Gasteiger partial charge on any atom is -0.465 e. The van der Waals surface area contributed by atoms with Crippen LogP contribution in [-0.2, 0) is 22.4 Å². The Morgan fingerprint density at radius 1 is 1.22 bits per heavy atom. The van der Waals surface area contributed by atoms with Crippen molar-refractivity contribution in [1.82, 2.24) is 9.97 Å². The molecule has 142 valence electrons. The second-order valence-corrected chi connectivity index (χ2v) is 7.65. The molecule has 8 heteroatoms. The highest BCUT2D eigenvalue weighted by molar-refractivity contribution is 8.00. The van der Waals surface area contributed by atoms with Crippen molar-refractivity contribution in [3.63, 3.8) is 0 Å². The summed E-state index contributed by atoms with van der Waals surface area (Å²) in [5.41, 5.74) is 2.50. The number of methoxy groups -OCH3 is 1. The van der Waals surface area contributed by atoms with E-state index in [-0.39, 0.29) is 11.5 Å². The van der Waals surface area contributed by atoms with Gasteiger partial charge in [-0.15, -0.1) is 0 Å². The van der Waals surface area contributed by atoms with Gasteiger partial charge in [-0.3, -0.25) is 9.59 Å². The Hall–Kier alpha value is -2.61. The molecular formula is C19H21N3O4S. The molecule has 1 aromatic heterocycles. The third kappa shape index (κ3) is 4.57. The fourth-order valence-electron chi connectivity index (χ4n) is 2.91. The number of carbonyl (C=O) groups excluding carboxylic acids is 2. The Kier molecular flexibility index (Phi) is 5.95. The lowest BCUT2D eigenvalue weighted by Crippen LogP contribution is -2.25. The van der Waals surface area contributed by atoms with Crippen molar-refractivity contribution in [3.8, 4) is 0 Å². The molecule has 0 unspecified atom stereocenters. The monoisotopic (exact) mass is 387 g/mol. The summed E-state index contributed by atoms with van der Waals surface area (Å²) in [6.45, 7) is 1.75. The molecule has 1 amide bonds. The molecule has 0 fully saturated rings. The maximum atomic E-state index is 12.4. The third-order valence-electron chi connectivity index (χ3n) is 4.40. The Labute approximate surface area is 160 Å². The highest BCUT2D eigenvalue weighted by Gasteiger charge is 2.20. The molecule has 0 saturated heterocycles. The second-order valence-electron chi connectivity index (χ2n) is 6.32. The van der Waals surface area contributed by atoms with Gasteiger partial charge in [0.15, 0.2) is 5.16 Å². The van der Waals surface area contributed by atoms with E-state index < -0.39 is 11.2 Å². The lowest BCUT2D eigenvalue weighted by Gasteiger charge is -2.16. The smallest absolute Gasteiger partial charge is 0.337 e. The number of rotatable bonds is 5. The first-order valence-corrected chi connectivity index (χ1v) is 9.64. The zero-order chi connectivity index (χ0) is 19.4. The average Bonchev–Trinajstić information content (AvgIpc) is 2.68. The number of anilines is 1. The number of esters is 1. The minimum atomic E-state index is -0.449. The molecule has 0 radical (unpaired) electrons. The van der Waals surface area contributed by atoms with Gasteiger partial charge >= 0.3 is 5.97 Å². The predicted molar refractivity (Wildman–Crippen MR) is 103 cm³/mol. The summed E-state index contributed by atoms with van der Waals surface area (Å²) in [7, 11) is 1.32. The first kappa shape index (κ1) is 19.2. The van der Waals surface area contributed by atoms with Crippen molar-refractivity contribution in [2.75, 3.05) is 12.4 Å². The number of ether oxygens (including phenoxy) is 1. The van der Waals surface area contributed by atoms with E-state index in [0.717, 1.165) is 36.9 Å². The Morgan fingerprint density at radius 2 is 1.93 bits per heavy atom. The van der Waals surface area contributed by atoms with E-state index in [9.17, 15) is 14.4 Å². The lowest BCUT2D eigenvalue weighted by atomic mass is 9.97. The van der Waals surface area contributed by atoms with E-state index in [0.29, 0.717) is 16.4 Å². The number of nitrogens with one attached hydrogen (secondary N) is 2. The normalized spacial score (nSPS) is 14.1. The van der Waals surface area contributed by atoms with E-state index >= 15 is 0 Å². The van der Waals surface area contributed by atoms with Gasteiger partial charge in [-0.1, -0.05) is 11.8 Å². The van der Waals surface area contributed by atoms with Gasteiger partial charge in [0.1, 0.15) is 0 Å². The summed E-state index contributed by atoms with van der Waals surface area (Å²) in [5, 5.41) is 2.80. The number of carbonyl (C=O) groups is 2. The van der Waals surface area contributed by atoms with E-state index in [2.05, 4.69) is 20.0 Å². The number of amides is 1. The van der Waals surface area contributed by atoms with Crippen molar-refractivity contribution in [2.24, 2.45) is 0 Å². The van der Waals surface area contributed by atoms with Crippen LogP contribution in [0, 0.1) is 0 Å². The maximum Gasteiger partial charge on any atom is 0.337 e. The maximum absolute atomic E-state index is 12.4. The number of aromatic amines is 1. The average molecular weight is 387 g/mol. The number of benzene rings is 1. The van der Waals surface area contributed by atoms with Crippen LogP contribution in [0.3, 0.4) is 0 Å². The van der Waals surface area contributed by atoms with Crippen molar-refractivity contribution < 1.29 is 14.3 Å². The number of hydrogen-bond donors (Lipinski definition) is 2. The molecule has 7 nitrogen and oxygen atoms in total. The van der Waals surface area contributed by atoms with Crippen LogP contribution < -0.4 is 10.9 Å². The van der Waals surface area contributed by atoms with Crippen molar-refractivity contribution in [1.29, 1.82) is 0 Å². The molecule has 0 bridgehead atoms. The van der Waals surface area contributed by atoms with E-state index in [4.69, 9.17) is 0 Å². The van der Waals surface area contributed by atoms with Crippen LogP contribution in [0.4, 0.5) is 5.69 Å². The van der Waals surface area contributed by atoms with Crippen LogP contribution in [0.25, 0.3) is 0 Å². The topological polar surface area (TPSA) is 101 Å². The molecule has 3 rings (SSSR count). The van der Waals surface area contributed by atoms with Gasteiger partial charge < -0.3 is 15.0 Å². The van der Waals surface area contributed by atoms with Gasteiger partial charge in [-0.25, -0.2) is 9.78 Å². The molecule has 1 atom stereocenters. The van der Waals surface area contributed by atoms with Gasteiger partial charge in [0, 0.05) is 11.3 Å². The van der Waals surface area contributed by atoms with Gasteiger partial charge in [-0.2, -0.15) is 0 Å². The molecule has 0 aliphatic heterocycles. The highest BCUT2D eigenvalue weighted by Crippen LogP contribution is 2.23. The van der Waals surface area contributed by atoms with Crippen molar-refractivity contribution in [2.45, 2.75) is 43.0 Å². The van der Waals surface area contributed by atoms with Crippen LogP contribution in [-0.4, -0.2) is 34.2 Å². The zero-order valence-corrected chi connectivity index (χ0v) is 16.0. The summed E-state index contributed by atoms with van der Waals surface area (Å²) < 4.78 is 4.65. The third-order valence-corrected chi connectivity index (χ3v) is 5.39. The molecule has 0 spiro atoms. The molecule has 1 aliphatic carbocycles. The summed E-state index contributed by atoms with van der Waals surface area (Å²) in [6.07, 6.45) is 3.61. The van der Waals surface area contributed by atoms with Gasteiger partial charge in [0.25, 0.3) is 5.56 Å². The number of fused-ring (bicyclic) bond motifs is 1. The van der Waals surface area contributed by atoms with Crippen LogP contribution >= 0.6 is 11.8 Å². The fraction of sp³-hybridized carbons (Fsp3) is 0.368. The van der Waals surface area contributed by atoms with E-state index in [1.54, 1.807) is 31.2 Å². The molecular weight excluding hydrogens is 366 g/mol. The first-order valence-electron chi connectivity index (χ1n) is 8.76. The fourth-order valence-corrected chi connectivity index (χ4v) is 3.72. The Bertz CT molecular complexity index is 908. The predicted octanol–water partition coefficient (Wildman–Crippen LogP) is 2.55. The summed E-state index contributed by atoms with van der Waals surface area (Å²) >= 11 is 1.22. The molecule has 2 N–H and O–H groups in total. The minimum absolute atomic E-state index is 0.104. The van der Waals surface area contributed by atoms with Crippen molar-refractivity contribution >= 4 is 29.3 Å². The van der Waals surface area contributed by atoms with Gasteiger partial charge in [0.2, 0.25) is 5.91 Å². The number of nitrogens with zero attached hydrogens (tertiary/aromatic N) is 1. The standard InChI is InChI=1S/C19H21N3O4S/c1-11(16(23)20-13-9-7-12(8-10-13)18(25)26-2)27-19-21-15-6-4-3-5-14(15)17(24)22-19/h7-11H,3-6H2,1-2H3,(H,20,23)(H,21,22,24)/t11-/m1/s1. The van der Waals surface area contributed by atoms with Crippen LogP contribution in [0.1, 0.15) is 41.4 Å². The summed E-state index contributed by atoms with van der Waals surface area (Å²) in [6, 6.07) is 6.45. The lowest BCUT2D eigenvalue weighted by molar-refractivity contribution is -0.115. The number of hydrogen-bond acceptors (Lipinski definition) is 6. The number of H-pyrrole nitrogens is 1. The van der Waals surface area contributed by atoms with Crippen LogP contribution in [0.2, 0.25) is 0 Å². The van der Waals surface area contributed by atoms with Crippen molar-refractivity contribution in [3.05, 3.63) is 51.4 Å². The summed E-state index contributed by atoms with van der Waals surface area (Å²) in [5.74, 6) is -0.648. The molecule has 2 aromatic rings. The highest BCUT2D eigenvalue weighted by atomic mass is 32.2. The Balaban J connectivity index is 1.65. The van der Waals surface area contributed by atoms with Gasteiger partial charge in [0.05, 0.1) is 23.6 Å². The Morgan fingerprint density at radius 3 is 2.63 bits per heavy atom. The van der Waals surface area contributed by atoms with Gasteiger partial charge in [-0.05, 0) is 56.9 Å². The van der Waals surface area contributed by atoms with E-state index in [1.165, 1.54) is 18.9 Å². The molecule has 1 heterocycles. The largest absolute Gasteiger partial charge is 0.465 e. The second kappa shape index (κ2) is 8.39. The zero-order valence-electron chi connectivity index (χ0n) is 15.2. The van der Waals surface area contributed by atoms with Crippen LogP contribution in [0.5, 0.6) is 0 Å². The number of aromatic nitrogens is 2. The first-order chi connectivity index (χ1) is 13.0.